The van der Waals surface area contributed by atoms with E-state index in [-0.39, 0.29) is 11.8 Å². The maximum atomic E-state index is 13.5. The summed E-state index contributed by atoms with van der Waals surface area (Å²) in [5.41, 5.74) is 1.22. The van der Waals surface area contributed by atoms with Crippen LogP contribution in [-0.4, -0.2) is 25.5 Å². The molecule has 2 aromatic carbocycles. The molecule has 0 radical (unpaired) electrons. The van der Waals surface area contributed by atoms with Crippen LogP contribution in [0.2, 0.25) is 0 Å². The molecule has 0 aliphatic carbocycles. The largest absolute Gasteiger partial charge is 0.449 e. The van der Waals surface area contributed by atoms with Gasteiger partial charge in [-0.3, -0.25) is 5.32 Å². The lowest BCUT2D eigenvalue weighted by atomic mass is 9.91. The van der Waals surface area contributed by atoms with Gasteiger partial charge in [-0.1, -0.05) is 50.1 Å². The summed E-state index contributed by atoms with van der Waals surface area (Å²) in [4.78, 5) is 0.333. The van der Waals surface area contributed by atoms with Crippen LogP contribution in [0.4, 0.5) is 0 Å². The van der Waals surface area contributed by atoms with Crippen molar-refractivity contribution in [3.63, 3.8) is 0 Å². The average Bonchev–Trinajstić information content (AvgIpc) is 2.92. The highest BCUT2D eigenvalue weighted by Gasteiger charge is 2.42. The van der Waals surface area contributed by atoms with Gasteiger partial charge in [-0.2, -0.15) is 0 Å². The second kappa shape index (κ2) is 7.03. The minimum absolute atomic E-state index is 0.0549. The molecule has 0 saturated carbocycles. The monoisotopic (exact) mass is 415 g/mol. The third-order valence-corrected chi connectivity index (χ3v) is 7.69. The predicted octanol–water partition coefficient (Wildman–Crippen LogP) is 4.61. The number of rotatable bonds is 4. The van der Waals surface area contributed by atoms with Crippen molar-refractivity contribution in [3.05, 3.63) is 53.6 Å². The van der Waals surface area contributed by atoms with Crippen LogP contribution in [0.25, 0.3) is 0 Å². The fraction of sp³-hybridized carbons (Fsp3) is 0.478. The molecule has 2 aliphatic heterocycles. The number of nitrogens with one attached hydrogen (secondary N) is 1. The van der Waals surface area contributed by atoms with Crippen molar-refractivity contribution in [1.29, 1.82) is 0 Å². The molecule has 4 rings (SSSR count). The van der Waals surface area contributed by atoms with Gasteiger partial charge >= 0.3 is 0 Å². The molecule has 0 bridgehead atoms. The molecule has 0 fully saturated rings. The van der Waals surface area contributed by atoms with Gasteiger partial charge in [0.15, 0.2) is 21.3 Å². The van der Waals surface area contributed by atoms with E-state index < -0.39 is 21.2 Å². The van der Waals surface area contributed by atoms with Crippen molar-refractivity contribution in [1.82, 2.24) is 5.32 Å². The van der Waals surface area contributed by atoms with Crippen molar-refractivity contribution < 1.29 is 17.9 Å². The minimum atomic E-state index is -3.51. The lowest BCUT2D eigenvalue weighted by molar-refractivity contribution is -0.0432. The number of unbranched alkanes of at least 4 members (excludes halogenated alkanes) is 1. The topological polar surface area (TPSA) is 64.6 Å². The Morgan fingerprint density at radius 3 is 2.38 bits per heavy atom. The highest BCUT2D eigenvalue weighted by atomic mass is 32.2. The summed E-state index contributed by atoms with van der Waals surface area (Å²) >= 11 is 0. The Labute approximate surface area is 173 Å². The molecule has 6 heteroatoms. The van der Waals surface area contributed by atoms with E-state index in [0.29, 0.717) is 16.4 Å². The Morgan fingerprint density at radius 1 is 1.07 bits per heavy atom. The molecule has 2 heterocycles. The van der Waals surface area contributed by atoms with Crippen LogP contribution in [0.5, 0.6) is 11.5 Å². The lowest BCUT2D eigenvalue weighted by Crippen LogP contribution is -2.47. The average molecular weight is 416 g/mol. The molecule has 1 N–H and O–H groups in total. The molecule has 2 aliphatic rings. The minimum Gasteiger partial charge on any atom is -0.449 e. The van der Waals surface area contributed by atoms with Crippen LogP contribution in [0.3, 0.4) is 0 Å². The first-order valence-corrected chi connectivity index (χ1v) is 11.9. The Balaban J connectivity index is 1.90. The lowest BCUT2D eigenvalue weighted by Gasteiger charge is -2.33. The molecule has 2 aromatic rings. The van der Waals surface area contributed by atoms with Crippen LogP contribution >= 0.6 is 0 Å². The van der Waals surface area contributed by atoms with Crippen molar-refractivity contribution >= 4 is 9.84 Å². The number of sulfone groups is 1. The normalized spacial score (nSPS) is 26.6. The summed E-state index contributed by atoms with van der Waals surface area (Å²) in [7, 11) is -3.51. The maximum Gasteiger partial charge on any atom is 0.246 e. The number of ether oxygens (including phenoxy) is 2. The third kappa shape index (κ3) is 3.88. The van der Waals surface area contributed by atoms with Crippen molar-refractivity contribution in [2.45, 2.75) is 69.2 Å². The summed E-state index contributed by atoms with van der Waals surface area (Å²) in [6, 6.07) is 13.2. The second-order valence-electron chi connectivity index (χ2n) is 8.85. The van der Waals surface area contributed by atoms with E-state index in [4.69, 9.17) is 9.47 Å². The zero-order valence-electron chi connectivity index (χ0n) is 17.5. The van der Waals surface area contributed by atoms with E-state index in [9.17, 15) is 8.42 Å². The standard InChI is InChI=1S/C23H29NO4S/c1-5-6-12-23(4)15-29(25,26)20-14-19-18(27-22(2,3)28-19)13-17(20)21(24-23)16-10-8-7-9-11-16/h7-11,13-14,21,24H,5-6,12,15H2,1-4H3/t21-,23?/m1/s1. The van der Waals surface area contributed by atoms with Crippen molar-refractivity contribution in [2.75, 3.05) is 5.75 Å². The van der Waals surface area contributed by atoms with Gasteiger partial charge in [-0.15, -0.1) is 0 Å². The number of hydrogen-bond donors (Lipinski definition) is 1. The SMILES string of the molecule is CCCCC1(C)CS(=O)(=O)c2cc3c(cc2[C@@H](c2ccccc2)N1)OC(C)(C)O3. The van der Waals surface area contributed by atoms with Gasteiger partial charge in [0.2, 0.25) is 5.79 Å². The number of benzene rings is 2. The molecule has 1 unspecified atom stereocenters. The Hall–Kier alpha value is -2.05. The fourth-order valence-electron chi connectivity index (χ4n) is 4.35. The number of hydrogen-bond acceptors (Lipinski definition) is 5. The molecule has 29 heavy (non-hydrogen) atoms. The van der Waals surface area contributed by atoms with Gasteiger partial charge in [0, 0.05) is 25.5 Å². The van der Waals surface area contributed by atoms with Crippen LogP contribution < -0.4 is 14.8 Å². The fourth-order valence-corrected chi connectivity index (χ4v) is 6.39. The molecule has 0 amide bonds. The van der Waals surface area contributed by atoms with Crippen molar-refractivity contribution in [2.24, 2.45) is 0 Å². The van der Waals surface area contributed by atoms with Crippen LogP contribution in [0.15, 0.2) is 47.4 Å². The molecular formula is C23H29NO4S. The van der Waals surface area contributed by atoms with Crippen molar-refractivity contribution in [3.8, 4) is 11.5 Å². The summed E-state index contributed by atoms with van der Waals surface area (Å²) in [5, 5.41) is 3.69. The highest BCUT2D eigenvalue weighted by molar-refractivity contribution is 7.91. The van der Waals surface area contributed by atoms with E-state index >= 15 is 0 Å². The molecule has 5 nitrogen and oxygen atoms in total. The Kier molecular flexibility index (Phi) is 4.90. The summed E-state index contributed by atoms with van der Waals surface area (Å²) < 4.78 is 38.7. The van der Waals surface area contributed by atoms with E-state index in [2.05, 4.69) is 12.2 Å². The maximum absolute atomic E-state index is 13.5. The van der Waals surface area contributed by atoms with Gasteiger partial charge in [0.05, 0.1) is 16.7 Å². The molecule has 0 spiro atoms. The first-order valence-electron chi connectivity index (χ1n) is 10.2. The van der Waals surface area contributed by atoms with Gasteiger partial charge in [-0.25, -0.2) is 8.42 Å². The smallest absolute Gasteiger partial charge is 0.246 e. The zero-order chi connectivity index (χ0) is 20.9. The summed E-state index contributed by atoms with van der Waals surface area (Å²) in [5.74, 6) is 0.321. The van der Waals surface area contributed by atoms with Gasteiger partial charge in [0.1, 0.15) is 0 Å². The first-order chi connectivity index (χ1) is 13.6. The van der Waals surface area contributed by atoms with Crippen LogP contribution in [0, 0.1) is 0 Å². The van der Waals surface area contributed by atoms with E-state index in [1.807, 2.05) is 57.2 Å². The van der Waals surface area contributed by atoms with E-state index in [1.54, 1.807) is 6.07 Å². The Morgan fingerprint density at radius 2 is 1.72 bits per heavy atom. The van der Waals surface area contributed by atoms with Crippen LogP contribution in [-0.2, 0) is 9.84 Å². The summed E-state index contributed by atoms with van der Waals surface area (Å²) in [6.07, 6.45) is 2.78. The quantitative estimate of drug-likeness (QED) is 0.790. The highest BCUT2D eigenvalue weighted by Crippen LogP contribution is 2.46. The molecule has 0 saturated heterocycles. The Bertz CT molecular complexity index is 1020. The van der Waals surface area contributed by atoms with Gasteiger partial charge < -0.3 is 9.47 Å². The van der Waals surface area contributed by atoms with E-state index in [0.717, 1.165) is 30.4 Å². The molecule has 156 valence electrons. The second-order valence-corrected chi connectivity index (χ2v) is 10.8. The number of fused-ring (bicyclic) bond motifs is 2. The van der Waals surface area contributed by atoms with E-state index in [1.165, 1.54) is 0 Å². The van der Waals surface area contributed by atoms with Gasteiger partial charge in [0.25, 0.3) is 0 Å². The third-order valence-electron chi connectivity index (χ3n) is 5.65. The predicted molar refractivity (Wildman–Crippen MR) is 113 cm³/mol. The van der Waals surface area contributed by atoms with Crippen LogP contribution in [0.1, 0.15) is 64.1 Å². The first kappa shape index (κ1) is 20.2. The van der Waals surface area contributed by atoms with Gasteiger partial charge in [-0.05, 0) is 30.5 Å². The molecule has 2 atom stereocenters. The molecular weight excluding hydrogens is 386 g/mol. The zero-order valence-corrected chi connectivity index (χ0v) is 18.3. The summed E-state index contributed by atoms with van der Waals surface area (Å²) in [6.45, 7) is 7.79. The molecule has 0 aromatic heterocycles.